The number of rotatable bonds is 3. The van der Waals surface area contributed by atoms with Gasteiger partial charge in [-0.25, -0.2) is 0 Å². The highest BCUT2D eigenvalue weighted by Crippen LogP contribution is 2.27. The van der Waals surface area contributed by atoms with Gasteiger partial charge in [0.2, 0.25) is 0 Å². The zero-order valence-electron chi connectivity index (χ0n) is 12.9. The van der Waals surface area contributed by atoms with Gasteiger partial charge in [0.15, 0.2) is 0 Å². The predicted molar refractivity (Wildman–Crippen MR) is 85.5 cm³/mol. The molecule has 1 aromatic carbocycles. The molecular formula is C17H21N3O2. The van der Waals surface area contributed by atoms with Crippen molar-refractivity contribution in [3.63, 3.8) is 0 Å². The predicted octanol–water partition coefficient (Wildman–Crippen LogP) is 1.57. The number of nitrogens with zero attached hydrogens (tertiary/aromatic N) is 1. The van der Waals surface area contributed by atoms with Crippen LogP contribution in [0.2, 0.25) is 0 Å². The van der Waals surface area contributed by atoms with Crippen molar-refractivity contribution < 1.29 is 9.53 Å². The molecule has 1 amide bonds. The summed E-state index contributed by atoms with van der Waals surface area (Å²) in [7, 11) is 0. The summed E-state index contributed by atoms with van der Waals surface area (Å²) in [6.07, 6.45) is 1.35. The number of amides is 1. The van der Waals surface area contributed by atoms with E-state index in [4.69, 9.17) is 4.74 Å². The molecule has 0 saturated carbocycles. The second-order valence-electron chi connectivity index (χ2n) is 6.05. The Bertz CT molecular complexity index is 673. The molecule has 0 aliphatic carbocycles. The van der Waals surface area contributed by atoms with E-state index in [1.54, 1.807) is 6.20 Å². The first-order valence-electron chi connectivity index (χ1n) is 7.56. The van der Waals surface area contributed by atoms with Crippen molar-refractivity contribution >= 4 is 16.8 Å². The van der Waals surface area contributed by atoms with Crippen LogP contribution in [0.3, 0.4) is 0 Å². The molecule has 2 aromatic rings. The number of pyridine rings is 1. The third-order valence-electron chi connectivity index (χ3n) is 3.98. The number of morpholine rings is 1. The number of hydrogen-bond acceptors (Lipinski definition) is 4. The van der Waals surface area contributed by atoms with Crippen molar-refractivity contribution in [2.45, 2.75) is 25.5 Å². The van der Waals surface area contributed by atoms with Crippen LogP contribution >= 0.6 is 0 Å². The highest BCUT2D eigenvalue weighted by Gasteiger charge is 2.30. The number of benzene rings is 1. The van der Waals surface area contributed by atoms with Crippen LogP contribution in [0, 0.1) is 0 Å². The SMILES string of the molecule is CC(C)(NC(=O)C1CNCCO1)c1ccnc2ccccc12. The zero-order valence-corrected chi connectivity index (χ0v) is 12.9. The third kappa shape index (κ3) is 2.96. The van der Waals surface area contributed by atoms with Gasteiger partial charge in [0.1, 0.15) is 6.10 Å². The minimum absolute atomic E-state index is 0.0851. The Morgan fingerprint density at radius 2 is 2.18 bits per heavy atom. The standard InChI is InChI=1S/C17H21N3O2/c1-17(2,20-16(21)15-11-18-9-10-22-15)13-7-8-19-14-6-4-3-5-12(13)14/h3-8,15,18H,9-11H2,1-2H3,(H,20,21). The maximum absolute atomic E-state index is 12.4. The molecule has 116 valence electrons. The molecule has 5 nitrogen and oxygen atoms in total. The number of carbonyl (C=O) groups is 1. The van der Waals surface area contributed by atoms with Crippen molar-refractivity contribution in [3.8, 4) is 0 Å². The topological polar surface area (TPSA) is 63.2 Å². The summed E-state index contributed by atoms with van der Waals surface area (Å²) >= 11 is 0. The highest BCUT2D eigenvalue weighted by atomic mass is 16.5. The second kappa shape index (κ2) is 6.02. The number of aromatic nitrogens is 1. The molecule has 1 aliphatic heterocycles. The van der Waals surface area contributed by atoms with Gasteiger partial charge < -0.3 is 15.4 Å². The van der Waals surface area contributed by atoms with E-state index in [1.807, 2.05) is 44.2 Å². The first-order valence-corrected chi connectivity index (χ1v) is 7.56. The maximum atomic E-state index is 12.4. The van der Waals surface area contributed by atoms with E-state index >= 15 is 0 Å². The summed E-state index contributed by atoms with van der Waals surface area (Å²) in [6.45, 7) is 5.92. The van der Waals surface area contributed by atoms with E-state index in [0.29, 0.717) is 13.2 Å². The molecule has 0 bridgehead atoms. The summed E-state index contributed by atoms with van der Waals surface area (Å²) in [5.41, 5.74) is 1.48. The van der Waals surface area contributed by atoms with Gasteiger partial charge in [0.05, 0.1) is 17.7 Å². The average Bonchev–Trinajstić information content (AvgIpc) is 2.54. The average molecular weight is 299 g/mol. The highest BCUT2D eigenvalue weighted by molar-refractivity contribution is 5.86. The second-order valence-corrected chi connectivity index (χ2v) is 6.05. The Labute approximate surface area is 130 Å². The van der Waals surface area contributed by atoms with E-state index < -0.39 is 11.6 Å². The van der Waals surface area contributed by atoms with Gasteiger partial charge in [-0.05, 0) is 31.5 Å². The van der Waals surface area contributed by atoms with E-state index in [9.17, 15) is 4.79 Å². The van der Waals surface area contributed by atoms with Crippen LogP contribution in [0.5, 0.6) is 0 Å². The lowest BCUT2D eigenvalue weighted by Gasteiger charge is -2.31. The first kappa shape index (κ1) is 14.9. The number of fused-ring (bicyclic) bond motifs is 1. The minimum Gasteiger partial charge on any atom is -0.366 e. The quantitative estimate of drug-likeness (QED) is 0.903. The van der Waals surface area contributed by atoms with Gasteiger partial charge in [-0.15, -0.1) is 0 Å². The minimum atomic E-state index is -0.500. The molecule has 5 heteroatoms. The molecule has 2 N–H and O–H groups in total. The van der Waals surface area contributed by atoms with Crippen LogP contribution in [0.25, 0.3) is 10.9 Å². The normalized spacial score (nSPS) is 19.1. The molecule has 3 rings (SSSR count). The molecule has 1 unspecified atom stereocenters. The lowest BCUT2D eigenvalue weighted by Crippen LogP contribution is -2.52. The van der Waals surface area contributed by atoms with Crippen LogP contribution < -0.4 is 10.6 Å². The van der Waals surface area contributed by atoms with Crippen LogP contribution in [-0.2, 0) is 15.1 Å². The van der Waals surface area contributed by atoms with E-state index in [2.05, 4.69) is 15.6 Å². The van der Waals surface area contributed by atoms with Crippen LogP contribution in [0.4, 0.5) is 0 Å². The summed E-state index contributed by atoms with van der Waals surface area (Å²) < 4.78 is 5.52. The molecule has 22 heavy (non-hydrogen) atoms. The lowest BCUT2D eigenvalue weighted by molar-refractivity contribution is -0.136. The lowest BCUT2D eigenvalue weighted by atomic mass is 9.91. The summed E-state index contributed by atoms with van der Waals surface area (Å²) in [4.78, 5) is 16.8. The van der Waals surface area contributed by atoms with E-state index in [-0.39, 0.29) is 5.91 Å². The van der Waals surface area contributed by atoms with Crippen LogP contribution in [-0.4, -0.2) is 36.7 Å². The third-order valence-corrected chi connectivity index (χ3v) is 3.98. The maximum Gasteiger partial charge on any atom is 0.251 e. The van der Waals surface area contributed by atoms with E-state index in [1.165, 1.54) is 0 Å². The van der Waals surface area contributed by atoms with Gasteiger partial charge >= 0.3 is 0 Å². The Morgan fingerprint density at radius 3 is 2.95 bits per heavy atom. The van der Waals surface area contributed by atoms with Crippen molar-refractivity contribution in [1.29, 1.82) is 0 Å². The first-order chi connectivity index (χ1) is 10.6. The number of ether oxygens (including phenoxy) is 1. The molecule has 1 fully saturated rings. The summed E-state index contributed by atoms with van der Waals surface area (Å²) in [6, 6.07) is 9.92. The van der Waals surface area contributed by atoms with Crippen LogP contribution in [0.15, 0.2) is 36.5 Å². The Morgan fingerprint density at radius 1 is 1.36 bits per heavy atom. The molecule has 1 aromatic heterocycles. The Balaban J connectivity index is 1.86. The largest absolute Gasteiger partial charge is 0.366 e. The molecule has 0 radical (unpaired) electrons. The Hall–Kier alpha value is -1.98. The molecule has 0 spiro atoms. The van der Waals surface area contributed by atoms with Gasteiger partial charge in [-0.3, -0.25) is 9.78 Å². The number of para-hydroxylation sites is 1. The fourth-order valence-electron chi connectivity index (χ4n) is 2.83. The summed E-state index contributed by atoms with van der Waals surface area (Å²) in [5, 5.41) is 7.33. The van der Waals surface area contributed by atoms with Gasteiger partial charge in [-0.2, -0.15) is 0 Å². The van der Waals surface area contributed by atoms with E-state index in [0.717, 1.165) is 23.0 Å². The fourth-order valence-corrected chi connectivity index (χ4v) is 2.83. The van der Waals surface area contributed by atoms with Crippen molar-refractivity contribution in [2.24, 2.45) is 0 Å². The molecular weight excluding hydrogens is 278 g/mol. The summed E-state index contributed by atoms with van der Waals surface area (Å²) in [5.74, 6) is -0.0851. The van der Waals surface area contributed by atoms with Crippen molar-refractivity contribution in [1.82, 2.24) is 15.6 Å². The fraction of sp³-hybridized carbons (Fsp3) is 0.412. The Kier molecular flexibility index (Phi) is 4.09. The van der Waals surface area contributed by atoms with Crippen molar-refractivity contribution in [2.75, 3.05) is 19.7 Å². The molecule has 1 atom stereocenters. The number of hydrogen-bond donors (Lipinski definition) is 2. The molecule has 1 saturated heterocycles. The molecule has 2 heterocycles. The van der Waals surface area contributed by atoms with Crippen LogP contribution in [0.1, 0.15) is 19.4 Å². The van der Waals surface area contributed by atoms with Gasteiger partial charge in [-0.1, -0.05) is 18.2 Å². The smallest absolute Gasteiger partial charge is 0.251 e. The van der Waals surface area contributed by atoms with Gasteiger partial charge in [0, 0.05) is 24.7 Å². The molecule has 1 aliphatic rings. The number of carbonyl (C=O) groups excluding carboxylic acids is 1. The zero-order chi connectivity index (χ0) is 15.6. The van der Waals surface area contributed by atoms with Gasteiger partial charge in [0.25, 0.3) is 5.91 Å². The monoisotopic (exact) mass is 299 g/mol. The number of nitrogens with one attached hydrogen (secondary N) is 2. The van der Waals surface area contributed by atoms with Crippen molar-refractivity contribution in [3.05, 3.63) is 42.1 Å².